The van der Waals surface area contributed by atoms with Crippen molar-refractivity contribution in [3.8, 4) is 0 Å². The van der Waals surface area contributed by atoms with Crippen LogP contribution in [0, 0.1) is 0 Å². The Kier molecular flexibility index (Phi) is 5.70. The van der Waals surface area contributed by atoms with Crippen molar-refractivity contribution in [1.82, 2.24) is 0 Å². The molecule has 0 rings (SSSR count). The van der Waals surface area contributed by atoms with Crippen molar-refractivity contribution in [2.75, 3.05) is 6.67 Å². The lowest BCUT2D eigenvalue weighted by Crippen LogP contribution is -2.14. The van der Waals surface area contributed by atoms with Crippen LogP contribution in [-0.2, 0) is 4.74 Å². The standard InChI is InChI=1S/C7H11F3O/c1-2-11-6(3-4-8)5-7(9)10/h2,6-7H,1,3-5H2. The summed E-state index contributed by atoms with van der Waals surface area (Å²) < 4.78 is 39.7. The summed E-state index contributed by atoms with van der Waals surface area (Å²) in [5.41, 5.74) is 0. The highest BCUT2D eigenvalue weighted by Crippen LogP contribution is 2.11. The number of rotatable bonds is 6. The quantitative estimate of drug-likeness (QED) is 0.554. The van der Waals surface area contributed by atoms with E-state index in [1.807, 2.05) is 0 Å². The van der Waals surface area contributed by atoms with Crippen LogP contribution in [-0.4, -0.2) is 19.2 Å². The number of alkyl halides is 3. The van der Waals surface area contributed by atoms with Gasteiger partial charge in [-0.1, -0.05) is 6.58 Å². The monoisotopic (exact) mass is 168 g/mol. The molecule has 0 bridgehead atoms. The van der Waals surface area contributed by atoms with Crippen molar-refractivity contribution >= 4 is 0 Å². The van der Waals surface area contributed by atoms with Crippen molar-refractivity contribution in [3.63, 3.8) is 0 Å². The molecule has 0 saturated heterocycles. The van der Waals surface area contributed by atoms with Crippen molar-refractivity contribution < 1.29 is 17.9 Å². The molecule has 0 fully saturated rings. The fourth-order valence-electron chi connectivity index (χ4n) is 0.698. The number of hydrogen-bond acceptors (Lipinski definition) is 1. The summed E-state index contributed by atoms with van der Waals surface area (Å²) in [4.78, 5) is 0. The molecule has 66 valence electrons. The van der Waals surface area contributed by atoms with E-state index >= 15 is 0 Å². The number of halogens is 3. The minimum absolute atomic E-state index is 0.00361. The lowest BCUT2D eigenvalue weighted by molar-refractivity contribution is 0.0439. The summed E-state index contributed by atoms with van der Waals surface area (Å²) in [6.45, 7) is 2.55. The Morgan fingerprint density at radius 2 is 2.09 bits per heavy atom. The van der Waals surface area contributed by atoms with Crippen LogP contribution in [0.15, 0.2) is 12.8 Å². The third kappa shape index (κ3) is 5.76. The number of ether oxygens (including phenoxy) is 1. The molecule has 0 spiro atoms. The zero-order valence-corrected chi connectivity index (χ0v) is 6.10. The largest absolute Gasteiger partial charge is 0.498 e. The first-order chi connectivity index (χ1) is 5.20. The Morgan fingerprint density at radius 1 is 1.45 bits per heavy atom. The molecule has 1 nitrogen and oxygen atoms in total. The SMILES string of the molecule is C=COC(CCF)CC(F)F. The predicted octanol–water partition coefficient (Wildman–Crippen LogP) is 2.53. The molecule has 11 heavy (non-hydrogen) atoms. The molecule has 1 atom stereocenters. The molecule has 0 saturated carbocycles. The van der Waals surface area contributed by atoms with E-state index in [4.69, 9.17) is 0 Å². The lowest BCUT2D eigenvalue weighted by Gasteiger charge is -2.13. The molecule has 0 aliphatic carbocycles. The van der Waals surface area contributed by atoms with Gasteiger partial charge in [0.2, 0.25) is 6.43 Å². The molecule has 0 aliphatic rings. The van der Waals surface area contributed by atoms with Crippen LogP contribution in [0.3, 0.4) is 0 Å². The number of hydrogen-bond donors (Lipinski definition) is 0. The van der Waals surface area contributed by atoms with Gasteiger partial charge >= 0.3 is 0 Å². The summed E-state index contributed by atoms with van der Waals surface area (Å²) in [6, 6.07) is 0. The van der Waals surface area contributed by atoms with Gasteiger partial charge in [-0.25, -0.2) is 8.78 Å². The first-order valence-electron chi connectivity index (χ1n) is 3.31. The molecule has 0 aromatic rings. The van der Waals surface area contributed by atoms with Gasteiger partial charge in [0.15, 0.2) is 0 Å². The van der Waals surface area contributed by atoms with Crippen LogP contribution < -0.4 is 0 Å². The van der Waals surface area contributed by atoms with Gasteiger partial charge in [-0.3, -0.25) is 4.39 Å². The Bertz CT molecular complexity index is 106. The molecule has 1 unspecified atom stereocenters. The summed E-state index contributed by atoms with van der Waals surface area (Å²) in [5, 5.41) is 0. The average Bonchev–Trinajstić information content (AvgIpc) is 1.87. The maximum absolute atomic E-state index is 11.7. The summed E-state index contributed by atoms with van der Waals surface area (Å²) in [5.74, 6) is 0. The van der Waals surface area contributed by atoms with E-state index in [2.05, 4.69) is 11.3 Å². The van der Waals surface area contributed by atoms with Gasteiger partial charge in [0.05, 0.1) is 12.9 Å². The Hall–Kier alpha value is -0.670. The average molecular weight is 168 g/mol. The van der Waals surface area contributed by atoms with Gasteiger partial charge in [0.1, 0.15) is 6.10 Å². The fraction of sp³-hybridized carbons (Fsp3) is 0.714. The zero-order chi connectivity index (χ0) is 8.69. The maximum Gasteiger partial charge on any atom is 0.242 e. The molecule has 0 radical (unpaired) electrons. The third-order valence-corrected chi connectivity index (χ3v) is 1.16. The molecule has 0 aromatic carbocycles. The molecular weight excluding hydrogens is 157 g/mol. The van der Waals surface area contributed by atoms with Gasteiger partial charge < -0.3 is 4.74 Å². The third-order valence-electron chi connectivity index (χ3n) is 1.16. The second-order valence-corrected chi connectivity index (χ2v) is 2.03. The van der Waals surface area contributed by atoms with E-state index < -0.39 is 25.6 Å². The van der Waals surface area contributed by atoms with Gasteiger partial charge in [-0.05, 0) is 0 Å². The Morgan fingerprint density at radius 3 is 2.45 bits per heavy atom. The van der Waals surface area contributed by atoms with Crippen LogP contribution in [0.1, 0.15) is 12.8 Å². The second-order valence-electron chi connectivity index (χ2n) is 2.03. The Balaban J connectivity index is 3.58. The van der Waals surface area contributed by atoms with Crippen molar-refractivity contribution in [2.24, 2.45) is 0 Å². The topological polar surface area (TPSA) is 9.23 Å². The Labute approximate surface area is 63.8 Å². The highest BCUT2D eigenvalue weighted by atomic mass is 19.3. The van der Waals surface area contributed by atoms with Crippen LogP contribution in [0.4, 0.5) is 13.2 Å². The molecular formula is C7H11F3O. The van der Waals surface area contributed by atoms with E-state index in [9.17, 15) is 13.2 Å². The zero-order valence-electron chi connectivity index (χ0n) is 6.10. The molecule has 0 aliphatic heterocycles. The van der Waals surface area contributed by atoms with Crippen LogP contribution in [0.5, 0.6) is 0 Å². The van der Waals surface area contributed by atoms with Gasteiger partial charge in [-0.2, -0.15) is 0 Å². The highest BCUT2D eigenvalue weighted by molar-refractivity contribution is 4.63. The molecule has 0 N–H and O–H groups in total. The highest BCUT2D eigenvalue weighted by Gasteiger charge is 2.14. The summed E-state index contributed by atoms with van der Waals surface area (Å²) in [7, 11) is 0. The molecule has 0 heterocycles. The summed E-state index contributed by atoms with van der Waals surface area (Å²) >= 11 is 0. The first kappa shape index (κ1) is 10.3. The lowest BCUT2D eigenvalue weighted by atomic mass is 10.2. The van der Waals surface area contributed by atoms with Crippen molar-refractivity contribution in [1.29, 1.82) is 0 Å². The predicted molar refractivity (Wildman–Crippen MR) is 36.3 cm³/mol. The van der Waals surface area contributed by atoms with E-state index in [1.54, 1.807) is 0 Å². The minimum Gasteiger partial charge on any atom is -0.498 e. The normalized spacial score (nSPS) is 13.1. The van der Waals surface area contributed by atoms with E-state index in [0.29, 0.717) is 0 Å². The van der Waals surface area contributed by atoms with Gasteiger partial charge in [0.25, 0.3) is 0 Å². The molecule has 0 amide bonds. The molecule has 0 aromatic heterocycles. The van der Waals surface area contributed by atoms with Crippen molar-refractivity contribution in [2.45, 2.75) is 25.4 Å². The van der Waals surface area contributed by atoms with Gasteiger partial charge in [0, 0.05) is 12.8 Å². The first-order valence-corrected chi connectivity index (χ1v) is 3.31. The maximum atomic E-state index is 11.7. The van der Waals surface area contributed by atoms with Crippen LogP contribution in [0.2, 0.25) is 0 Å². The fourth-order valence-corrected chi connectivity index (χ4v) is 0.698. The molecule has 4 heteroatoms. The second kappa shape index (κ2) is 6.07. The minimum atomic E-state index is -2.45. The van der Waals surface area contributed by atoms with E-state index in [1.165, 1.54) is 0 Å². The summed E-state index contributed by atoms with van der Waals surface area (Å²) in [6.07, 6.45) is -2.57. The van der Waals surface area contributed by atoms with Crippen LogP contribution in [0.25, 0.3) is 0 Å². The van der Waals surface area contributed by atoms with Crippen LogP contribution >= 0.6 is 0 Å². The van der Waals surface area contributed by atoms with E-state index in [0.717, 1.165) is 6.26 Å². The van der Waals surface area contributed by atoms with Crippen molar-refractivity contribution in [3.05, 3.63) is 12.8 Å². The van der Waals surface area contributed by atoms with E-state index in [-0.39, 0.29) is 6.42 Å². The van der Waals surface area contributed by atoms with Gasteiger partial charge in [-0.15, -0.1) is 0 Å². The smallest absolute Gasteiger partial charge is 0.242 e.